The van der Waals surface area contributed by atoms with Gasteiger partial charge in [0.1, 0.15) is 5.75 Å². The van der Waals surface area contributed by atoms with Crippen molar-refractivity contribution in [2.24, 2.45) is 5.73 Å². The predicted octanol–water partition coefficient (Wildman–Crippen LogP) is 1.90. The molecular weight excluding hydrogens is 222 g/mol. The summed E-state index contributed by atoms with van der Waals surface area (Å²) in [4.78, 5) is 0.934. The molecule has 0 bridgehead atoms. The maximum atomic E-state index is 6.16. The van der Waals surface area contributed by atoms with Crippen LogP contribution in [0.2, 0.25) is 0 Å². The summed E-state index contributed by atoms with van der Waals surface area (Å²) in [5.41, 5.74) is 8.28. The Kier molecular flexibility index (Phi) is 3.17. The normalized spacial score (nSPS) is 12.4. The summed E-state index contributed by atoms with van der Waals surface area (Å²) in [7, 11) is 1.64. The zero-order valence-electron chi connectivity index (χ0n) is 9.18. The molecule has 4 nitrogen and oxygen atoms in total. The van der Waals surface area contributed by atoms with E-state index in [1.807, 2.05) is 25.1 Å². The van der Waals surface area contributed by atoms with Crippen molar-refractivity contribution in [3.8, 4) is 5.75 Å². The lowest BCUT2D eigenvalue weighted by molar-refractivity contribution is 0.408. The average molecular weight is 235 g/mol. The Bertz CT molecular complexity index is 470. The number of hydrogen-bond donors (Lipinski definition) is 1. The number of ether oxygens (including phenoxy) is 1. The third-order valence-corrected chi connectivity index (χ3v) is 3.15. The second-order valence-corrected chi connectivity index (χ2v) is 4.36. The number of nitrogens with two attached hydrogens (primary N) is 1. The molecule has 16 heavy (non-hydrogen) atoms. The number of aromatic nitrogens is 2. The highest BCUT2D eigenvalue weighted by atomic mass is 32.1. The Balaban J connectivity index is 2.42. The minimum atomic E-state index is -0.227. The zero-order valence-corrected chi connectivity index (χ0v) is 9.99. The van der Waals surface area contributed by atoms with Gasteiger partial charge in [0, 0.05) is 5.56 Å². The summed E-state index contributed by atoms with van der Waals surface area (Å²) in [6, 6.07) is 5.73. The van der Waals surface area contributed by atoms with Crippen molar-refractivity contribution in [3.63, 3.8) is 0 Å². The van der Waals surface area contributed by atoms with Crippen molar-refractivity contribution >= 4 is 11.5 Å². The number of benzene rings is 1. The summed E-state index contributed by atoms with van der Waals surface area (Å²) < 4.78 is 9.12. The van der Waals surface area contributed by atoms with Crippen molar-refractivity contribution < 1.29 is 4.74 Å². The molecule has 5 heteroatoms. The second kappa shape index (κ2) is 4.59. The molecule has 0 spiro atoms. The maximum absolute atomic E-state index is 6.16. The fourth-order valence-corrected chi connectivity index (χ4v) is 2.09. The third-order valence-electron chi connectivity index (χ3n) is 2.41. The van der Waals surface area contributed by atoms with Gasteiger partial charge >= 0.3 is 0 Å². The average Bonchev–Trinajstić information content (AvgIpc) is 2.81. The first-order valence-corrected chi connectivity index (χ1v) is 5.67. The highest BCUT2D eigenvalue weighted by Gasteiger charge is 2.16. The standard InChI is InChI=1S/C11H13N3OS/c1-7-3-4-9(15-2)8(5-7)11(12)10-6-13-14-16-10/h3-6,11H,12H2,1-2H3. The number of nitrogens with zero attached hydrogens (tertiary/aromatic N) is 2. The molecule has 0 aliphatic rings. The van der Waals surface area contributed by atoms with Crippen LogP contribution in [0.15, 0.2) is 24.4 Å². The van der Waals surface area contributed by atoms with Crippen LogP contribution in [0.1, 0.15) is 22.0 Å². The van der Waals surface area contributed by atoms with Gasteiger partial charge in [-0.25, -0.2) is 0 Å². The molecule has 1 atom stereocenters. The Labute approximate surface area is 98.2 Å². The van der Waals surface area contributed by atoms with Crippen LogP contribution in [0.5, 0.6) is 5.75 Å². The SMILES string of the molecule is COc1ccc(C)cc1C(N)c1cnns1. The Morgan fingerprint density at radius 1 is 1.44 bits per heavy atom. The lowest BCUT2D eigenvalue weighted by atomic mass is 10.0. The van der Waals surface area contributed by atoms with E-state index in [-0.39, 0.29) is 6.04 Å². The van der Waals surface area contributed by atoms with Crippen LogP contribution in [-0.2, 0) is 0 Å². The van der Waals surface area contributed by atoms with Gasteiger partial charge in [-0.15, -0.1) is 5.10 Å². The summed E-state index contributed by atoms with van der Waals surface area (Å²) in [6.45, 7) is 2.03. The minimum absolute atomic E-state index is 0.227. The minimum Gasteiger partial charge on any atom is -0.496 e. The van der Waals surface area contributed by atoms with E-state index in [4.69, 9.17) is 10.5 Å². The molecule has 1 unspecified atom stereocenters. The summed E-state index contributed by atoms with van der Waals surface area (Å²) >= 11 is 1.31. The molecule has 0 saturated carbocycles. The fourth-order valence-electron chi connectivity index (χ4n) is 1.56. The smallest absolute Gasteiger partial charge is 0.124 e. The van der Waals surface area contributed by atoms with Crippen molar-refractivity contribution in [2.75, 3.05) is 7.11 Å². The lowest BCUT2D eigenvalue weighted by Crippen LogP contribution is -2.11. The topological polar surface area (TPSA) is 61.0 Å². The first kappa shape index (κ1) is 11.0. The predicted molar refractivity (Wildman–Crippen MR) is 63.7 cm³/mol. The van der Waals surface area contributed by atoms with E-state index >= 15 is 0 Å². The highest BCUT2D eigenvalue weighted by Crippen LogP contribution is 2.29. The molecule has 0 radical (unpaired) electrons. The van der Waals surface area contributed by atoms with E-state index in [1.165, 1.54) is 11.5 Å². The van der Waals surface area contributed by atoms with Gasteiger partial charge in [-0.3, -0.25) is 0 Å². The Morgan fingerprint density at radius 2 is 2.25 bits per heavy atom. The van der Waals surface area contributed by atoms with E-state index in [0.29, 0.717) is 0 Å². The van der Waals surface area contributed by atoms with E-state index in [1.54, 1.807) is 13.3 Å². The first-order valence-electron chi connectivity index (χ1n) is 4.89. The van der Waals surface area contributed by atoms with Crippen molar-refractivity contribution in [3.05, 3.63) is 40.4 Å². The van der Waals surface area contributed by atoms with Crippen LogP contribution < -0.4 is 10.5 Å². The molecule has 0 amide bonds. The Morgan fingerprint density at radius 3 is 2.88 bits per heavy atom. The van der Waals surface area contributed by atoms with Gasteiger partial charge in [-0.1, -0.05) is 22.2 Å². The van der Waals surface area contributed by atoms with Crippen LogP contribution in [-0.4, -0.2) is 16.7 Å². The van der Waals surface area contributed by atoms with Crippen molar-refractivity contribution in [1.82, 2.24) is 9.59 Å². The second-order valence-electron chi connectivity index (χ2n) is 3.54. The molecule has 0 aliphatic carbocycles. The van der Waals surface area contributed by atoms with Gasteiger partial charge in [-0.05, 0) is 24.5 Å². The van der Waals surface area contributed by atoms with Gasteiger partial charge < -0.3 is 10.5 Å². The molecule has 2 rings (SSSR count). The molecular formula is C11H13N3OS. The summed E-state index contributed by atoms with van der Waals surface area (Å²) in [5.74, 6) is 0.798. The zero-order chi connectivity index (χ0) is 11.5. The van der Waals surface area contributed by atoms with Crippen LogP contribution in [0.4, 0.5) is 0 Å². The van der Waals surface area contributed by atoms with E-state index < -0.39 is 0 Å². The van der Waals surface area contributed by atoms with Gasteiger partial charge in [0.25, 0.3) is 0 Å². The summed E-state index contributed by atoms with van der Waals surface area (Å²) in [6.07, 6.45) is 1.69. The third kappa shape index (κ3) is 2.05. The van der Waals surface area contributed by atoms with E-state index in [0.717, 1.165) is 21.8 Å². The molecule has 0 saturated heterocycles. The van der Waals surface area contributed by atoms with E-state index in [2.05, 4.69) is 9.59 Å². The number of aryl methyl sites for hydroxylation is 1. The summed E-state index contributed by atoms with van der Waals surface area (Å²) in [5, 5.41) is 3.79. The van der Waals surface area contributed by atoms with Crippen molar-refractivity contribution in [1.29, 1.82) is 0 Å². The van der Waals surface area contributed by atoms with Crippen LogP contribution >= 0.6 is 11.5 Å². The molecule has 2 N–H and O–H groups in total. The largest absolute Gasteiger partial charge is 0.496 e. The number of hydrogen-bond acceptors (Lipinski definition) is 5. The quantitative estimate of drug-likeness (QED) is 0.882. The van der Waals surface area contributed by atoms with Crippen LogP contribution in [0.25, 0.3) is 0 Å². The molecule has 2 aromatic rings. The molecule has 0 fully saturated rings. The fraction of sp³-hybridized carbons (Fsp3) is 0.273. The molecule has 0 aliphatic heterocycles. The monoisotopic (exact) mass is 235 g/mol. The molecule has 84 valence electrons. The van der Waals surface area contributed by atoms with Crippen LogP contribution in [0.3, 0.4) is 0 Å². The molecule has 1 aromatic carbocycles. The van der Waals surface area contributed by atoms with E-state index in [9.17, 15) is 0 Å². The molecule has 1 aromatic heterocycles. The molecule has 1 heterocycles. The number of methoxy groups -OCH3 is 1. The van der Waals surface area contributed by atoms with Crippen LogP contribution in [0, 0.1) is 6.92 Å². The van der Waals surface area contributed by atoms with Gasteiger partial charge in [-0.2, -0.15) is 0 Å². The van der Waals surface area contributed by atoms with Gasteiger partial charge in [0.2, 0.25) is 0 Å². The highest BCUT2D eigenvalue weighted by molar-refractivity contribution is 7.05. The van der Waals surface area contributed by atoms with Gasteiger partial charge in [0.15, 0.2) is 0 Å². The maximum Gasteiger partial charge on any atom is 0.124 e. The van der Waals surface area contributed by atoms with Gasteiger partial charge in [0.05, 0.1) is 24.2 Å². The lowest BCUT2D eigenvalue weighted by Gasteiger charge is -2.14. The first-order chi connectivity index (χ1) is 7.72. The van der Waals surface area contributed by atoms with Crippen molar-refractivity contribution in [2.45, 2.75) is 13.0 Å². The number of rotatable bonds is 3. The Hall–Kier alpha value is -1.46.